The molecule has 0 atom stereocenters. The zero-order chi connectivity index (χ0) is 19.6. The van der Waals surface area contributed by atoms with Crippen LogP contribution in [0.25, 0.3) is 11.4 Å². The molecule has 10 heteroatoms. The van der Waals surface area contributed by atoms with Crippen molar-refractivity contribution in [3.63, 3.8) is 0 Å². The summed E-state index contributed by atoms with van der Waals surface area (Å²) in [6.07, 6.45) is 0. The third-order valence-corrected chi connectivity index (χ3v) is 5.35. The molecule has 0 aliphatic carbocycles. The van der Waals surface area contributed by atoms with Gasteiger partial charge in [-0.25, -0.2) is 13.1 Å². The molecule has 0 saturated carbocycles. The number of aryl methyl sites for hydroxylation is 2. The van der Waals surface area contributed by atoms with Gasteiger partial charge in [0.1, 0.15) is 0 Å². The molecule has 27 heavy (non-hydrogen) atoms. The molecule has 9 nitrogen and oxygen atoms in total. The molecule has 0 aliphatic heterocycles. The normalized spacial score (nSPS) is 11.5. The van der Waals surface area contributed by atoms with Crippen LogP contribution < -0.4 is 4.72 Å². The molecule has 140 valence electrons. The van der Waals surface area contributed by atoms with Crippen LogP contribution in [0, 0.1) is 24.0 Å². The highest BCUT2D eigenvalue weighted by Gasteiger charge is 2.21. The number of hydrogen-bond donors (Lipinski definition) is 1. The third kappa shape index (κ3) is 4.01. The molecule has 0 radical (unpaired) electrons. The van der Waals surface area contributed by atoms with Gasteiger partial charge in [0.2, 0.25) is 21.7 Å². The van der Waals surface area contributed by atoms with E-state index >= 15 is 0 Å². The summed E-state index contributed by atoms with van der Waals surface area (Å²) in [7, 11) is -3.98. The van der Waals surface area contributed by atoms with Crippen molar-refractivity contribution in [1.29, 1.82) is 0 Å². The maximum Gasteiger partial charge on any atom is 0.273 e. The van der Waals surface area contributed by atoms with Crippen molar-refractivity contribution in [2.45, 2.75) is 25.3 Å². The van der Waals surface area contributed by atoms with Gasteiger partial charge in [-0.3, -0.25) is 10.1 Å². The fourth-order valence-corrected chi connectivity index (χ4v) is 3.45. The molecule has 0 bridgehead atoms. The highest BCUT2D eigenvalue weighted by molar-refractivity contribution is 7.89. The number of benzene rings is 2. The Morgan fingerprint density at radius 1 is 1.15 bits per heavy atom. The van der Waals surface area contributed by atoms with Crippen molar-refractivity contribution in [2.75, 3.05) is 0 Å². The molecule has 0 spiro atoms. The molecule has 0 unspecified atom stereocenters. The van der Waals surface area contributed by atoms with E-state index in [0.717, 1.165) is 17.2 Å². The van der Waals surface area contributed by atoms with E-state index in [9.17, 15) is 18.5 Å². The van der Waals surface area contributed by atoms with Gasteiger partial charge in [-0.15, -0.1) is 0 Å². The molecule has 0 aliphatic rings. The number of nitrogens with zero attached hydrogens (tertiary/aromatic N) is 3. The lowest BCUT2D eigenvalue weighted by atomic mass is 10.1. The predicted molar refractivity (Wildman–Crippen MR) is 96.3 cm³/mol. The summed E-state index contributed by atoms with van der Waals surface area (Å²) in [5.74, 6) is 0.437. The number of nitro benzene ring substituents is 1. The van der Waals surface area contributed by atoms with Gasteiger partial charge in [0.05, 0.1) is 16.4 Å². The van der Waals surface area contributed by atoms with Crippen LogP contribution >= 0.6 is 0 Å². The smallest absolute Gasteiger partial charge is 0.273 e. The van der Waals surface area contributed by atoms with Crippen LogP contribution in [0.5, 0.6) is 0 Å². The third-order valence-electron chi connectivity index (χ3n) is 3.96. The largest absolute Gasteiger partial charge is 0.338 e. The van der Waals surface area contributed by atoms with Crippen molar-refractivity contribution in [1.82, 2.24) is 14.9 Å². The molecular formula is C17H16N4O5S. The maximum atomic E-state index is 12.4. The van der Waals surface area contributed by atoms with E-state index < -0.39 is 14.9 Å². The number of sulfonamides is 1. The maximum absolute atomic E-state index is 12.4. The minimum absolute atomic E-state index is 0.0819. The van der Waals surface area contributed by atoms with Crippen LogP contribution in [0.15, 0.2) is 51.9 Å². The molecule has 0 saturated heterocycles. The standard InChI is InChI=1S/C17H16N4O5S/c1-11-5-3-4-6-14(11)17-19-16(26-20-17)10-18-27(24,25)13-8-7-12(2)15(9-13)21(22)23/h3-9,18H,10H2,1-2H3. The molecule has 0 amide bonds. The summed E-state index contributed by atoms with van der Waals surface area (Å²) in [5.41, 5.74) is 1.85. The Bertz CT molecular complexity index is 1110. The van der Waals surface area contributed by atoms with E-state index in [1.54, 1.807) is 0 Å². The Labute approximate surface area is 155 Å². The van der Waals surface area contributed by atoms with Crippen LogP contribution in [0.2, 0.25) is 0 Å². The van der Waals surface area contributed by atoms with Crippen molar-refractivity contribution >= 4 is 15.7 Å². The van der Waals surface area contributed by atoms with Gasteiger partial charge in [0.15, 0.2) is 0 Å². The molecule has 1 heterocycles. The van der Waals surface area contributed by atoms with Gasteiger partial charge in [-0.2, -0.15) is 4.98 Å². The van der Waals surface area contributed by atoms with Crippen molar-refractivity contribution in [2.24, 2.45) is 0 Å². The lowest BCUT2D eigenvalue weighted by Crippen LogP contribution is -2.23. The van der Waals surface area contributed by atoms with Crippen LogP contribution in [0.4, 0.5) is 5.69 Å². The number of hydrogen-bond acceptors (Lipinski definition) is 7. The second-order valence-corrected chi connectivity index (χ2v) is 7.62. The Hall–Kier alpha value is -3.11. The van der Waals surface area contributed by atoms with Crippen LogP contribution in [0.3, 0.4) is 0 Å². The number of rotatable bonds is 6. The van der Waals surface area contributed by atoms with Gasteiger partial charge >= 0.3 is 0 Å². The molecule has 0 fully saturated rings. The molecule has 1 N–H and O–H groups in total. The van der Waals surface area contributed by atoms with Gasteiger partial charge in [0, 0.05) is 17.2 Å². The van der Waals surface area contributed by atoms with Crippen molar-refractivity contribution in [3.8, 4) is 11.4 Å². The van der Waals surface area contributed by atoms with Gasteiger partial charge in [-0.1, -0.05) is 35.5 Å². The first-order valence-corrected chi connectivity index (χ1v) is 9.39. The first-order valence-electron chi connectivity index (χ1n) is 7.91. The van der Waals surface area contributed by atoms with Crippen LogP contribution in [-0.2, 0) is 16.6 Å². The summed E-state index contributed by atoms with van der Waals surface area (Å²) in [6, 6.07) is 11.2. The number of aromatic nitrogens is 2. The monoisotopic (exact) mass is 388 g/mol. The lowest BCUT2D eigenvalue weighted by molar-refractivity contribution is -0.385. The fourth-order valence-electron chi connectivity index (χ4n) is 2.45. The zero-order valence-electron chi connectivity index (χ0n) is 14.5. The molecule has 3 aromatic rings. The molecular weight excluding hydrogens is 372 g/mol. The Kier molecular flexibility index (Phi) is 5.02. The Morgan fingerprint density at radius 2 is 1.89 bits per heavy atom. The minimum Gasteiger partial charge on any atom is -0.338 e. The molecule has 2 aromatic carbocycles. The average Bonchev–Trinajstić information content (AvgIpc) is 3.09. The second kappa shape index (κ2) is 7.25. The van der Waals surface area contributed by atoms with E-state index in [2.05, 4.69) is 14.9 Å². The van der Waals surface area contributed by atoms with Gasteiger partial charge < -0.3 is 4.52 Å². The number of nitro groups is 1. The highest BCUT2D eigenvalue weighted by Crippen LogP contribution is 2.23. The van der Waals surface area contributed by atoms with Gasteiger partial charge in [-0.05, 0) is 25.5 Å². The summed E-state index contributed by atoms with van der Waals surface area (Å²) in [4.78, 5) is 14.4. The van der Waals surface area contributed by atoms with E-state index in [1.807, 2.05) is 31.2 Å². The van der Waals surface area contributed by atoms with Gasteiger partial charge in [0.25, 0.3) is 5.69 Å². The van der Waals surface area contributed by atoms with E-state index in [-0.39, 0.29) is 23.0 Å². The minimum atomic E-state index is -3.98. The topological polar surface area (TPSA) is 128 Å². The average molecular weight is 388 g/mol. The second-order valence-electron chi connectivity index (χ2n) is 5.86. The summed E-state index contributed by atoms with van der Waals surface area (Å²) in [6.45, 7) is 3.20. The highest BCUT2D eigenvalue weighted by atomic mass is 32.2. The zero-order valence-corrected chi connectivity index (χ0v) is 15.4. The van der Waals surface area contributed by atoms with Crippen LogP contribution in [-0.4, -0.2) is 23.5 Å². The lowest BCUT2D eigenvalue weighted by Gasteiger charge is -2.05. The van der Waals surface area contributed by atoms with E-state index in [4.69, 9.17) is 4.52 Å². The Balaban J connectivity index is 1.78. The SMILES string of the molecule is Cc1ccccc1-c1noc(CNS(=O)(=O)c2ccc(C)c([N+](=O)[O-])c2)n1. The summed E-state index contributed by atoms with van der Waals surface area (Å²) >= 11 is 0. The van der Waals surface area contributed by atoms with E-state index in [1.165, 1.54) is 19.1 Å². The van der Waals surface area contributed by atoms with Crippen molar-refractivity contribution < 1.29 is 17.9 Å². The molecule has 1 aromatic heterocycles. The Morgan fingerprint density at radius 3 is 2.59 bits per heavy atom. The first-order chi connectivity index (χ1) is 12.8. The summed E-state index contributed by atoms with van der Waals surface area (Å²) in [5, 5.41) is 14.9. The first kappa shape index (κ1) is 18.7. The fraction of sp³-hybridized carbons (Fsp3) is 0.176. The molecule has 3 rings (SSSR count). The quantitative estimate of drug-likeness (QED) is 0.508. The van der Waals surface area contributed by atoms with Crippen molar-refractivity contribution in [3.05, 3.63) is 69.6 Å². The van der Waals surface area contributed by atoms with E-state index in [0.29, 0.717) is 11.4 Å². The van der Waals surface area contributed by atoms with Crippen LogP contribution in [0.1, 0.15) is 17.0 Å². The number of nitrogens with one attached hydrogen (secondary N) is 1. The summed E-state index contributed by atoms with van der Waals surface area (Å²) < 4.78 is 32.2. The predicted octanol–water partition coefficient (Wildman–Crippen LogP) is 2.74.